The average Bonchev–Trinajstić information content (AvgIpc) is 3.31. The zero-order valence-corrected chi connectivity index (χ0v) is 13.8. The summed E-state index contributed by atoms with van der Waals surface area (Å²) in [6.45, 7) is 0.557. The number of anilines is 2. The van der Waals surface area contributed by atoms with Crippen LogP contribution in [0.25, 0.3) is 0 Å². The van der Waals surface area contributed by atoms with Crippen molar-refractivity contribution >= 4 is 11.8 Å². The molecule has 0 amide bonds. The van der Waals surface area contributed by atoms with Gasteiger partial charge in [0.25, 0.3) is 0 Å². The molecule has 2 saturated carbocycles. The van der Waals surface area contributed by atoms with Crippen molar-refractivity contribution in [1.29, 1.82) is 0 Å². The highest BCUT2D eigenvalue weighted by molar-refractivity contribution is 5.45. The van der Waals surface area contributed by atoms with E-state index in [0.29, 0.717) is 18.5 Å². The van der Waals surface area contributed by atoms with Crippen LogP contribution in [-0.2, 0) is 6.54 Å². The topological polar surface area (TPSA) is 49.8 Å². The zero-order valence-electron chi connectivity index (χ0n) is 13.8. The standard InChI is InChI=1S/C19H23FN4/c20-15-5-3-4-13(10-15)12-21-18-11-17(14-8-9-14)23-19(24-18)22-16-6-1-2-7-16/h3-5,10-11,14,16H,1-2,6-9,12H2,(H2,21,22,23,24). The third-order valence-electron chi connectivity index (χ3n) is 4.79. The van der Waals surface area contributed by atoms with Gasteiger partial charge in [-0.15, -0.1) is 0 Å². The summed E-state index contributed by atoms with van der Waals surface area (Å²) < 4.78 is 13.3. The molecule has 1 heterocycles. The summed E-state index contributed by atoms with van der Waals surface area (Å²) in [5.41, 5.74) is 2.03. The molecule has 0 radical (unpaired) electrons. The van der Waals surface area contributed by atoms with Crippen LogP contribution in [0.15, 0.2) is 30.3 Å². The Bertz CT molecular complexity index is 708. The lowest BCUT2D eigenvalue weighted by Gasteiger charge is -2.15. The second-order valence-corrected chi connectivity index (χ2v) is 6.89. The molecule has 1 aromatic heterocycles. The second kappa shape index (κ2) is 6.75. The normalized spacial score (nSPS) is 17.9. The maximum absolute atomic E-state index is 13.3. The van der Waals surface area contributed by atoms with Crippen molar-refractivity contribution in [2.24, 2.45) is 0 Å². The molecule has 24 heavy (non-hydrogen) atoms. The first-order valence-electron chi connectivity index (χ1n) is 8.90. The van der Waals surface area contributed by atoms with Gasteiger partial charge < -0.3 is 10.6 Å². The maximum Gasteiger partial charge on any atom is 0.225 e. The first-order chi connectivity index (χ1) is 11.8. The van der Waals surface area contributed by atoms with Crippen molar-refractivity contribution in [2.45, 2.75) is 57.0 Å². The first-order valence-corrected chi connectivity index (χ1v) is 8.90. The molecule has 0 bridgehead atoms. The molecule has 126 valence electrons. The van der Waals surface area contributed by atoms with Gasteiger partial charge in [0.05, 0.1) is 5.69 Å². The molecule has 4 rings (SSSR count). The highest BCUT2D eigenvalue weighted by Gasteiger charge is 2.26. The van der Waals surface area contributed by atoms with Crippen molar-refractivity contribution in [1.82, 2.24) is 9.97 Å². The van der Waals surface area contributed by atoms with E-state index in [4.69, 9.17) is 4.98 Å². The van der Waals surface area contributed by atoms with Crippen LogP contribution in [0.3, 0.4) is 0 Å². The van der Waals surface area contributed by atoms with Gasteiger partial charge in [0, 0.05) is 24.6 Å². The fourth-order valence-electron chi connectivity index (χ4n) is 3.30. The van der Waals surface area contributed by atoms with Gasteiger partial charge in [0.15, 0.2) is 0 Å². The lowest BCUT2D eigenvalue weighted by molar-refractivity contribution is 0.626. The molecule has 2 aliphatic carbocycles. The van der Waals surface area contributed by atoms with E-state index < -0.39 is 0 Å². The van der Waals surface area contributed by atoms with Gasteiger partial charge >= 0.3 is 0 Å². The summed E-state index contributed by atoms with van der Waals surface area (Å²) in [6.07, 6.45) is 7.38. The number of halogens is 1. The van der Waals surface area contributed by atoms with E-state index in [1.165, 1.54) is 44.6 Å². The van der Waals surface area contributed by atoms with Crippen molar-refractivity contribution in [3.05, 3.63) is 47.4 Å². The van der Waals surface area contributed by atoms with Gasteiger partial charge in [0.1, 0.15) is 11.6 Å². The van der Waals surface area contributed by atoms with Gasteiger partial charge in [-0.25, -0.2) is 9.37 Å². The van der Waals surface area contributed by atoms with Crippen LogP contribution in [0.4, 0.5) is 16.2 Å². The summed E-state index contributed by atoms with van der Waals surface area (Å²) in [5.74, 6) is 1.91. The molecular weight excluding hydrogens is 303 g/mol. The smallest absolute Gasteiger partial charge is 0.225 e. The highest BCUT2D eigenvalue weighted by atomic mass is 19.1. The minimum atomic E-state index is -0.209. The molecule has 2 N–H and O–H groups in total. The van der Waals surface area contributed by atoms with E-state index in [2.05, 4.69) is 15.6 Å². The van der Waals surface area contributed by atoms with Crippen LogP contribution in [0.5, 0.6) is 0 Å². The Labute approximate surface area is 141 Å². The maximum atomic E-state index is 13.3. The molecule has 2 aliphatic rings. The Balaban J connectivity index is 1.49. The summed E-state index contributed by atoms with van der Waals surface area (Å²) in [4.78, 5) is 9.32. The quantitative estimate of drug-likeness (QED) is 0.823. The van der Waals surface area contributed by atoms with Gasteiger partial charge in [-0.3, -0.25) is 0 Å². The number of nitrogens with zero attached hydrogens (tertiary/aromatic N) is 2. The van der Waals surface area contributed by atoms with Gasteiger partial charge in [-0.05, 0) is 43.4 Å². The summed E-state index contributed by atoms with van der Waals surface area (Å²) >= 11 is 0. The zero-order chi connectivity index (χ0) is 16.4. The molecule has 0 spiro atoms. The molecule has 1 aromatic carbocycles. The molecule has 0 atom stereocenters. The lowest BCUT2D eigenvalue weighted by Crippen LogP contribution is -2.17. The molecule has 0 saturated heterocycles. The Hall–Kier alpha value is -2.17. The SMILES string of the molecule is Fc1cccc(CNc2cc(C3CC3)nc(NC3CCCC3)n2)c1. The largest absolute Gasteiger partial charge is 0.366 e. The molecule has 4 nitrogen and oxygen atoms in total. The van der Waals surface area contributed by atoms with Crippen LogP contribution in [0, 0.1) is 5.82 Å². The lowest BCUT2D eigenvalue weighted by atomic mass is 10.2. The third-order valence-corrected chi connectivity index (χ3v) is 4.79. The van der Waals surface area contributed by atoms with Crippen molar-refractivity contribution < 1.29 is 4.39 Å². The van der Waals surface area contributed by atoms with Crippen LogP contribution >= 0.6 is 0 Å². The Morgan fingerprint density at radius 2 is 1.88 bits per heavy atom. The van der Waals surface area contributed by atoms with Gasteiger partial charge in [-0.2, -0.15) is 4.98 Å². The number of hydrogen-bond donors (Lipinski definition) is 2. The molecule has 2 aromatic rings. The second-order valence-electron chi connectivity index (χ2n) is 6.89. The Kier molecular flexibility index (Phi) is 4.32. The van der Waals surface area contributed by atoms with E-state index in [9.17, 15) is 4.39 Å². The third kappa shape index (κ3) is 3.83. The minimum absolute atomic E-state index is 0.209. The van der Waals surface area contributed by atoms with Crippen LogP contribution < -0.4 is 10.6 Å². The highest BCUT2D eigenvalue weighted by Crippen LogP contribution is 2.40. The van der Waals surface area contributed by atoms with Crippen molar-refractivity contribution in [3.8, 4) is 0 Å². The number of rotatable bonds is 6. The molecule has 0 unspecified atom stereocenters. The fraction of sp³-hybridized carbons (Fsp3) is 0.474. The fourth-order valence-corrected chi connectivity index (χ4v) is 3.30. The van der Waals surface area contributed by atoms with E-state index in [1.54, 1.807) is 12.1 Å². The van der Waals surface area contributed by atoms with Crippen LogP contribution in [0.2, 0.25) is 0 Å². The summed E-state index contributed by atoms with van der Waals surface area (Å²) in [5, 5.41) is 6.81. The Morgan fingerprint density at radius 1 is 1.04 bits per heavy atom. The molecule has 5 heteroatoms. The van der Waals surface area contributed by atoms with Crippen LogP contribution in [0.1, 0.15) is 55.7 Å². The van der Waals surface area contributed by atoms with Gasteiger partial charge in [0.2, 0.25) is 5.95 Å². The van der Waals surface area contributed by atoms with Crippen LogP contribution in [-0.4, -0.2) is 16.0 Å². The average molecular weight is 326 g/mol. The summed E-state index contributed by atoms with van der Waals surface area (Å²) in [7, 11) is 0. The number of nitrogens with one attached hydrogen (secondary N) is 2. The monoisotopic (exact) mass is 326 g/mol. The number of benzene rings is 1. The van der Waals surface area contributed by atoms with Crippen molar-refractivity contribution in [2.75, 3.05) is 10.6 Å². The number of aromatic nitrogens is 2. The molecule has 0 aliphatic heterocycles. The number of hydrogen-bond acceptors (Lipinski definition) is 4. The molecule has 2 fully saturated rings. The summed E-state index contributed by atoms with van der Waals surface area (Å²) in [6, 6.07) is 9.19. The minimum Gasteiger partial charge on any atom is -0.366 e. The first kappa shape index (κ1) is 15.4. The van der Waals surface area contributed by atoms with Crippen molar-refractivity contribution in [3.63, 3.8) is 0 Å². The predicted molar refractivity (Wildman–Crippen MR) is 93.6 cm³/mol. The van der Waals surface area contributed by atoms with E-state index >= 15 is 0 Å². The molecular formula is C19H23FN4. The van der Waals surface area contributed by atoms with E-state index in [1.807, 2.05) is 12.1 Å². The Morgan fingerprint density at radius 3 is 2.62 bits per heavy atom. The predicted octanol–water partition coefficient (Wildman–Crippen LogP) is 4.46. The van der Waals surface area contributed by atoms with E-state index in [-0.39, 0.29) is 5.82 Å². The van der Waals surface area contributed by atoms with Gasteiger partial charge in [-0.1, -0.05) is 25.0 Å². The van der Waals surface area contributed by atoms with E-state index in [0.717, 1.165) is 23.0 Å².